The van der Waals surface area contributed by atoms with Crippen molar-refractivity contribution in [3.8, 4) is 0 Å². The van der Waals surface area contributed by atoms with E-state index in [1.807, 2.05) is 30.3 Å². The van der Waals surface area contributed by atoms with Crippen LogP contribution in [0.5, 0.6) is 0 Å². The van der Waals surface area contributed by atoms with Gasteiger partial charge in [0.2, 0.25) is 0 Å². The Morgan fingerprint density at radius 1 is 1.11 bits per heavy atom. The van der Waals surface area contributed by atoms with Crippen molar-refractivity contribution < 1.29 is 14.3 Å². The van der Waals surface area contributed by atoms with E-state index in [-0.39, 0.29) is 18.8 Å². The Morgan fingerprint density at radius 2 is 2.00 bits per heavy atom. The zero-order valence-electron chi connectivity index (χ0n) is 14.5. The quantitative estimate of drug-likeness (QED) is 0.476. The van der Waals surface area contributed by atoms with Crippen LogP contribution >= 0.6 is 22.7 Å². The van der Waals surface area contributed by atoms with Crippen molar-refractivity contribution in [1.29, 1.82) is 0 Å². The second-order valence-corrected chi connectivity index (χ2v) is 7.68. The summed E-state index contributed by atoms with van der Waals surface area (Å²) in [4.78, 5) is 36.9. The van der Waals surface area contributed by atoms with Crippen LogP contribution in [0.1, 0.15) is 21.1 Å². The highest BCUT2D eigenvalue weighted by atomic mass is 32.1. The van der Waals surface area contributed by atoms with Crippen molar-refractivity contribution >= 4 is 49.9 Å². The highest BCUT2D eigenvalue weighted by Gasteiger charge is 2.15. The SMILES string of the molecule is O=C(Nc1nc(CC(=O)c2nc3ccccc3s2)cs1)OCc1cccnc1. The molecule has 0 spiro atoms. The predicted octanol–water partition coefficient (Wildman–Crippen LogP) is 4.32. The molecule has 0 aliphatic carbocycles. The summed E-state index contributed by atoms with van der Waals surface area (Å²) < 4.78 is 6.10. The first-order chi connectivity index (χ1) is 13.7. The van der Waals surface area contributed by atoms with Gasteiger partial charge in [-0.25, -0.2) is 14.8 Å². The number of aromatic nitrogens is 3. The number of ketones is 1. The van der Waals surface area contributed by atoms with Crippen LogP contribution in [0.2, 0.25) is 0 Å². The van der Waals surface area contributed by atoms with Crippen LogP contribution in [0.4, 0.5) is 9.93 Å². The fourth-order valence-corrected chi connectivity index (χ4v) is 4.03. The van der Waals surface area contributed by atoms with Crippen LogP contribution in [0, 0.1) is 0 Å². The molecule has 0 fully saturated rings. The molecule has 1 N–H and O–H groups in total. The van der Waals surface area contributed by atoms with Crippen molar-refractivity contribution in [2.24, 2.45) is 0 Å². The number of carbonyl (C=O) groups is 2. The van der Waals surface area contributed by atoms with Gasteiger partial charge in [0.05, 0.1) is 22.3 Å². The summed E-state index contributed by atoms with van der Waals surface area (Å²) >= 11 is 2.60. The normalized spacial score (nSPS) is 10.7. The lowest BCUT2D eigenvalue weighted by atomic mass is 10.2. The minimum atomic E-state index is -0.609. The van der Waals surface area contributed by atoms with E-state index >= 15 is 0 Å². The van der Waals surface area contributed by atoms with E-state index in [1.165, 1.54) is 22.7 Å². The average molecular weight is 410 g/mol. The van der Waals surface area contributed by atoms with Gasteiger partial charge in [0.15, 0.2) is 15.9 Å². The maximum Gasteiger partial charge on any atom is 0.413 e. The molecule has 0 aliphatic rings. The molecule has 1 amide bonds. The summed E-state index contributed by atoms with van der Waals surface area (Å²) in [5, 5.41) is 5.14. The number of para-hydroxylation sites is 1. The number of benzene rings is 1. The number of nitrogens with zero attached hydrogens (tertiary/aromatic N) is 3. The number of nitrogens with one attached hydrogen (secondary N) is 1. The van der Waals surface area contributed by atoms with E-state index in [0.29, 0.717) is 15.8 Å². The highest BCUT2D eigenvalue weighted by molar-refractivity contribution is 7.20. The molecule has 4 rings (SSSR count). The zero-order chi connectivity index (χ0) is 19.3. The van der Waals surface area contributed by atoms with Crippen LogP contribution in [-0.4, -0.2) is 26.8 Å². The summed E-state index contributed by atoms with van der Waals surface area (Å²) in [5.74, 6) is -0.0998. The van der Waals surface area contributed by atoms with Gasteiger partial charge in [-0.2, -0.15) is 0 Å². The van der Waals surface area contributed by atoms with E-state index < -0.39 is 6.09 Å². The van der Waals surface area contributed by atoms with Gasteiger partial charge in [-0.15, -0.1) is 22.7 Å². The summed E-state index contributed by atoms with van der Waals surface area (Å²) in [6, 6.07) is 11.2. The Kier molecular flexibility index (Phi) is 5.36. The third kappa shape index (κ3) is 4.38. The zero-order valence-corrected chi connectivity index (χ0v) is 16.1. The van der Waals surface area contributed by atoms with E-state index in [0.717, 1.165) is 15.8 Å². The number of thiazole rings is 2. The monoisotopic (exact) mass is 410 g/mol. The third-order valence-corrected chi connectivity index (χ3v) is 5.61. The Morgan fingerprint density at radius 3 is 2.82 bits per heavy atom. The van der Waals surface area contributed by atoms with Gasteiger partial charge in [0.25, 0.3) is 0 Å². The third-order valence-electron chi connectivity index (χ3n) is 3.73. The highest BCUT2D eigenvalue weighted by Crippen LogP contribution is 2.23. The second kappa shape index (κ2) is 8.24. The molecule has 0 aliphatic heterocycles. The molecule has 0 unspecified atom stereocenters. The topological polar surface area (TPSA) is 94.1 Å². The van der Waals surface area contributed by atoms with Crippen molar-refractivity contribution in [2.45, 2.75) is 13.0 Å². The van der Waals surface area contributed by atoms with Gasteiger partial charge in [0.1, 0.15) is 6.61 Å². The van der Waals surface area contributed by atoms with E-state index in [2.05, 4.69) is 20.3 Å². The number of anilines is 1. The molecule has 3 heterocycles. The molecule has 3 aromatic heterocycles. The molecule has 4 aromatic rings. The molecule has 7 nitrogen and oxygen atoms in total. The number of hydrogen-bond donors (Lipinski definition) is 1. The number of carbonyl (C=O) groups excluding carboxylic acids is 2. The van der Waals surface area contributed by atoms with Crippen LogP contribution in [0.25, 0.3) is 10.2 Å². The molecule has 0 atom stereocenters. The fourth-order valence-electron chi connectivity index (χ4n) is 2.43. The molecule has 1 aromatic carbocycles. The van der Waals surface area contributed by atoms with E-state index in [4.69, 9.17) is 4.74 Å². The maximum absolute atomic E-state index is 12.5. The van der Waals surface area contributed by atoms with Crippen LogP contribution in [-0.2, 0) is 17.8 Å². The molecule has 9 heteroatoms. The maximum atomic E-state index is 12.5. The fraction of sp³-hybridized carbons (Fsp3) is 0.105. The summed E-state index contributed by atoms with van der Waals surface area (Å²) in [6.45, 7) is 0.119. The van der Waals surface area contributed by atoms with Gasteiger partial charge in [-0.3, -0.25) is 15.1 Å². The average Bonchev–Trinajstić information content (AvgIpc) is 3.34. The lowest BCUT2D eigenvalue weighted by Crippen LogP contribution is -2.13. The molecular formula is C19H14N4O3S2. The number of hydrogen-bond acceptors (Lipinski definition) is 8. The second-order valence-electron chi connectivity index (χ2n) is 5.79. The van der Waals surface area contributed by atoms with Crippen molar-refractivity contribution in [3.63, 3.8) is 0 Å². The summed E-state index contributed by atoms with van der Waals surface area (Å²) in [5.41, 5.74) is 2.18. The molecule has 28 heavy (non-hydrogen) atoms. The first kappa shape index (κ1) is 18.2. The van der Waals surface area contributed by atoms with Crippen LogP contribution in [0.15, 0.2) is 54.2 Å². The Labute approximate surface area is 168 Å². The molecule has 0 saturated carbocycles. The van der Waals surface area contributed by atoms with Gasteiger partial charge < -0.3 is 4.74 Å². The number of fused-ring (bicyclic) bond motifs is 1. The molecular weight excluding hydrogens is 396 g/mol. The number of rotatable bonds is 6. The van der Waals surface area contributed by atoms with E-state index in [9.17, 15) is 9.59 Å². The first-order valence-electron chi connectivity index (χ1n) is 8.33. The van der Waals surface area contributed by atoms with E-state index in [1.54, 1.807) is 23.8 Å². The lowest BCUT2D eigenvalue weighted by Gasteiger charge is -2.04. The molecule has 0 bridgehead atoms. The van der Waals surface area contributed by atoms with Crippen molar-refractivity contribution in [2.75, 3.05) is 5.32 Å². The molecule has 0 saturated heterocycles. The van der Waals surface area contributed by atoms with Gasteiger partial charge in [-0.1, -0.05) is 18.2 Å². The number of amides is 1. The summed E-state index contributed by atoms with van der Waals surface area (Å²) in [6.07, 6.45) is 2.80. The van der Waals surface area contributed by atoms with Crippen LogP contribution < -0.4 is 5.32 Å². The van der Waals surface area contributed by atoms with Gasteiger partial charge in [0, 0.05) is 23.3 Å². The number of Topliss-reactive ketones (excluding diaryl/α,β-unsaturated/α-hetero) is 1. The smallest absolute Gasteiger partial charge is 0.413 e. The Balaban J connectivity index is 1.33. The first-order valence-corrected chi connectivity index (χ1v) is 10.0. The Hall–Kier alpha value is -3.17. The minimum Gasteiger partial charge on any atom is -0.444 e. The van der Waals surface area contributed by atoms with Crippen molar-refractivity contribution in [3.05, 3.63) is 70.4 Å². The largest absolute Gasteiger partial charge is 0.444 e. The lowest BCUT2D eigenvalue weighted by molar-refractivity contribution is 0.0992. The Bertz CT molecular complexity index is 1090. The predicted molar refractivity (Wildman–Crippen MR) is 108 cm³/mol. The van der Waals surface area contributed by atoms with Gasteiger partial charge in [-0.05, 0) is 18.2 Å². The molecule has 0 radical (unpaired) electrons. The molecule has 140 valence electrons. The van der Waals surface area contributed by atoms with Crippen molar-refractivity contribution in [1.82, 2.24) is 15.0 Å². The van der Waals surface area contributed by atoms with Gasteiger partial charge >= 0.3 is 6.09 Å². The number of ether oxygens (including phenoxy) is 1. The minimum absolute atomic E-state index is 0.0998. The number of pyridine rings is 1. The van der Waals surface area contributed by atoms with Crippen LogP contribution in [0.3, 0.4) is 0 Å². The summed E-state index contributed by atoms with van der Waals surface area (Å²) in [7, 11) is 0. The standard InChI is InChI=1S/C19H14N4O3S2/c24-15(17-22-14-5-1-2-6-16(14)28-17)8-13-11-27-18(21-13)23-19(25)26-10-12-4-3-7-20-9-12/h1-7,9,11H,8,10H2,(H,21,23,25).